The highest BCUT2D eigenvalue weighted by Crippen LogP contribution is 2.09. The number of nitrogens with one attached hydrogen (secondary N) is 2. The van der Waals surface area contributed by atoms with Crippen LogP contribution in [-0.4, -0.2) is 19.9 Å². The molecule has 0 bridgehead atoms. The molecule has 0 saturated heterocycles. The molecule has 1 heterocycles. The second-order valence-corrected chi connectivity index (χ2v) is 5.39. The van der Waals surface area contributed by atoms with Crippen LogP contribution in [0.1, 0.15) is 5.56 Å². The van der Waals surface area contributed by atoms with E-state index in [1.54, 1.807) is 28.9 Å². The first-order valence-electron chi connectivity index (χ1n) is 7.06. The van der Waals surface area contributed by atoms with Gasteiger partial charge in [-0.3, -0.25) is 5.32 Å². The van der Waals surface area contributed by atoms with Crippen LogP contribution in [0.5, 0.6) is 0 Å². The second-order valence-electron chi connectivity index (χ2n) is 4.98. The lowest BCUT2D eigenvalue weighted by Gasteiger charge is -2.07. The van der Waals surface area contributed by atoms with E-state index in [1.165, 1.54) is 30.6 Å². The molecule has 8 heteroatoms. The Hall–Kier alpha value is -2.87. The molecule has 3 rings (SSSR count). The summed E-state index contributed by atoms with van der Waals surface area (Å²) in [6.45, 7) is 0.393. The number of benzene rings is 2. The average Bonchev–Trinajstić information content (AvgIpc) is 2.96. The van der Waals surface area contributed by atoms with Gasteiger partial charge >= 0.3 is 0 Å². The number of hydrogen-bond donors (Lipinski definition) is 2. The fourth-order valence-corrected chi connectivity index (χ4v) is 2.26. The molecule has 5 nitrogen and oxygen atoms in total. The predicted octanol–water partition coefficient (Wildman–Crippen LogP) is 3.41. The molecule has 0 unspecified atom stereocenters. The van der Waals surface area contributed by atoms with Crippen LogP contribution in [0.25, 0.3) is 0 Å². The molecule has 3 aromatic rings. The number of hydrogen-bond acceptors (Lipinski definition) is 3. The molecule has 2 aromatic carbocycles. The summed E-state index contributed by atoms with van der Waals surface area (Å²) < 4.78 is 27.6. The zero-order chi connectivity index (χ0) is 16.9. The maximum atomic E-state index is 13.2. The van der Waals surface area contributed by atoms with Crippen LogP contribution in [0.3, 0.4) is 0 Å². The highest BCUT2D eigenvalue weighted by atomic mass is 32.1. The molecule has 24 heavy (non-hydrogen) atoms. The quantitative estimate of drug-likeness (QED) is 0.710. The van der Waals surface area contributed by atoms with Gasteiger partial charge < -0.3 is 5.32 Å². The number of rotatable bonds is 4. The van der Waals surface area contributed by atoms with Gasteiger partial charge in [-0.05, 0) is 54.2 Å². The van der Waals surface area contributed by atoms with Crippen LogP contribution in [0.4, 0.5) is 20.4 Å². The lowest BCUT2D eigenvalue weighted by atomic mass is 10.2. The van der Waals surface area contributed by atoms with Gasteiger partial charge in [-0.1, -0.05) is 12.1 Å². The van der Waals surface area contributed by atoms with Gasteiger partial charge in [0.05, 0.1) is 6.54 Å². The number of anilines is 2. The first-order valence-corrected chi connectivity index (χ1v) is 7.47. The third-order valence-electron chi connectivity index (χ3n) is 3.10. The zero-order valence-corrected chi connectivity index (χ0v) is 13.2. The summed E-state index contributed by atoms with van der Waals surface area (Å²) in [6, 6.07) is 12.1. The van der Waals surface area contributed by atoms with E-state index in [0.29, 0.717) is 18.2 Å². The van der Waals surface area contributed by atoms with Gasteiger partial charge in [-0.25, -0.2) is 18.4 Å². The Labute approximate surface area is 142 Å². The monoisotopic (exact) mass is 345 g/mol. The summed E-state index contributed by atoms with van der Waals surface area (Å²) in [4.78, 5) is 4.09. The van der Waals surface area contributed by atoms with Crippen molar-refractivity contribution in [3.05, 3.63) is 72.1 Å². The second kappa shape index (κ2) is 7.14. The molecule has 0 aliphatic rings. The summed E-state index contributed by atoms with van der Waals surface area (Å²) in [5, 5.41) is 10.2. The molecule has 0 aliphatic heterocycles. The van der Waals surface area contributed by atoms with Crippen LogP contribution in [-0.2, 0) is 6.54 Å². The van der Waals surface area contributed by atoms with E-state index >= 15 is 0 Å². The Kier molecular flexibility index (Phi) is 4.76. The molecule has 2 N–H and O–H groups in total. The molecule has 122 valence electrons. The zero-order valence-electron chi connectivity index (χ0n) is 12.4. The largest absolute Gasteiger partial charge is 0.332 e. The Morgan fingerprint density at radius 3 is 2.58 bits per heavy atom. The summed E-state index contributed by atoms with van der Waals surface area (Å²) in [5.74, 6) is -0.307. The van der Waals surface area contributed by atoms with E-state index in [0.717, 1.165) is 5.56 Å². The van der Waals surface area contributed by atoms with Gasteiger partial charge in [-0.15, -0.1) is 5.10 Å². The maximum Gasteiger partial charge on any atom is 0.248 e. The first-order chi connectivity index (χ1) is 11.6. The number of halogens is 2. The van der Waals surface area contributed by atoms with Crippen LogP contribution in [0.15, 0.2) is 54.9 Å². The molecule has 0 saturated carbocycles. The molecule has 0 aliphatic carbocycles. The van der Waals surface area contributed by atoms with Crippen molar-refractivity contribution in [2.24, 2.45) is 0 Å². The Morgan fingerprint density at radius 2 is 1.83 bits per heavy atom. The van der Waals surface area contributed by atoms with Crippen LogP contribution >= 0.6 is 12.2 Å². The number of thiocarbonyl (C=S) groups is 1. The molecular weight excluding hydrogens is 332 g/mol. The van der Waals surface area contributed by atoms with Crippen molar-refractivity contribution in [2.75, 3.05) is 10.6 Å². The third kappa shape index (κ3) is 4.32. The van der Waals surface area contributed by atoms with Crippen LogP contribution < -0.4 is 10.6 Å². The Morgan fingerprint density at radius 1 is 1.04 bits per heavy atom. The molecule has 0 atom stereocenters. The fraction of sp³-hybridized carbons (Fsp3) is 0.0625. The molecule has 0 fully saturated rings. The first kappa shape index (κ1) is 16.0. The fourth-order valence-electron chi connectivity index (χ4n) is 2.05. The van der Waals surface area contributed by atoms with Crippen molar-refractivity contribution >= 4 is 29.0 Å². The number of aromatic nitrogens is 3. The van der Waals surface area contributed by atoms with Gasteiger partial charge in [0.15, 0.2) is 5.11 Å². The van der Waals surface area contributed by atoms with E-state index in [2.05, 4.69) is 20.7 Å². The smallest absolute Gasteiger partial charge is 0.248 e. The lowest BCUT2D eigenvalue weighted by molar-refractivity contribution is 0.619. The highest BCUT2D eigenvalue weighted by molar-refractivity contribution is 7.80. The number of nitrogens with zero attached hydrogens (tertiary/aromatic N) is 3. The molecule has 0 radical (unpaired) electrons. The Bertz CT molecular complexity index is 848. The van der Waals surface area contributed by atoms with E-state index in [1.807, 2.05) is 0 Å². The van der Waals surface area contributed by atoms with Gasteiger partial charge in [0.1, 0.15) is 18.0 Å². The van der Waals surface area contributed by atoms with Gasteiger partial charge in [0, 0.05) is 5.69 Å². The van der Waals surface area contributed by atoms with E-state index in [4.69, 9.17) is 12.2 Å². The van der Waals surface area contributed by atoms with E-state index < -0.39 is 0 Å². The lowest BCUT2D eigenvalue weighted by Crippen LogP contribution is -2.20. The standard InChI is InChI=1S/C16H13F2N5S/c17-12-4-6-14(7-5-12)20-16(24)21-15-19-10-23(22-15)9-11-2-1-3-13(18)8-11/h1-8,10H,9H2,(H2,20,21,22,24). The molecule has 1 aromatic heterocycles. The average molecular weight is 345 g/mol. The summed E-state index contributed by atoms with van der Waals surface area (Å²) in [6.07, 6.45) is 1.52. The summed E-state index contributed by atoms with van der Waals surface area (Å²) in [5.41, 5.74) is 1.42. The van der Waals surface area contributed by atoms with E-state index in [-0.39, 0.29) is 16.7 Å². The van der Waals surface area contributed by atoms with Crippen LogP contribution in [0, 0.1) is 11.6 Å². The van der Waals surface area contributed by atoms with Crippen molar-refractivity contribution in [1.29, 1.82) is 0 Å². The van der Waals surface area contributed by atoms with Crippen molar-refractivity contribution in [1.82, 2.24) is 14.8 Å². The van der Waals surface area contributed by atoms with E-state index in [9.17, 15) is 8.78 Å². The minimum Gasteiger partial charge on any atom is -0.332 e. The van der Waals surface area contributed by atoms with Gasteiger partial charge in [0.25, 0.3) is 0 Å². The molecular formula is C16H13F2N5S. The van der Waals surface area contributed by atoms with Gasteiger partial charge in [0.2, 0.25) is 5.95 Å². The highest BCUT2D eigenvalue weighted by Gasteiger charge is 2.05. The van der Waals surface area contributed by atoms with Crippen LogP contribution in [0.2, 0.25) is 0 Å². The summed E-state index contributed by atoms with van der Waals surface area (Å²) in [7, 11) is 0. The minimum absolute atomic E-state index is 0.283. The van der Waals surface area contributed by atoms with Gasteiger partial charge in [-0.2, -0.15) is 0 Å². The van der Waals surface area contributed by atoms with Crippen molar-refractivity contribution in [3.63, 3.8) is 0 Å². The maximum absolute atomic E-state index is 13.2. The van der Waals surface area contributed by atoms with Crippen molar-refractivity contribution < 1.29 is 8.78 Å². The normalized spacial score (nSPS) is 10.4. The molecule has 0 spiro atoms. The minimum atomic E-state index is -0.322. The Balaban J connectivity index is 1.59. The third-order valence-corrected chi connectivity index (χ3v) is 3.30. The topological polar surface area (TPSA) is 54.8 Å². The van der Waals surface area contributed by atoms with Crippen molar-refractivity contribution in [3.8, 4) is 0 Å². The summed E-state index contributed by atoms with van der Waals surface area (Å²) >= 11 is 5.15. The predicted molar refractivity (Wildman–Crippen MR) is 91.8 cm³/mol. The SMILES string of the molecule is Fc1ccc(NC(=S)Nc2ncn(Cc3cccc(F)c3)n2)cc1. The molecule has 0 amide bonds. The van der Waals surface area contributed by atoms with Crippen molar-refractivity contribution in [2.45, 2.75) is 6.54 Å².